The van der Waals surface area contributed by atoms with Crippen LogP contribution in [0, 0.1) is 22.7 Å². The molecule has 208 valence electrons. The van der Waals surface area contributed by atoms with E-state index < -0.39 is 19.2 Å². The van der Waals surface area contributed by atoms with Crippen molar-refractivity contribution in [3.05, 3.63) is 76.4 Å². The van der Waals surface area contributed by atoms with Crippen molar-refractivity contribution in [2.45, 2.75) is 44.6 Å². The van der Waals surface area contributed by atoms with Gasteiger partial charge in [-0.15, -0.1) is 0 Å². The number of benzene rings is 2. The molecule has 0 radical (unpaired) electrons. The van der Waals surface area contributed by atoms with E-state index in [0.717, 1.165) is 5.56 Å². The third kappa shape index (κ3) is 8.96. The molecule has 1 aliphatic rings. The smallest absolute Gasteiger partial charge is 0.449 e. The van der Waals surface area contributed by atoms with Gasteiger partial charge in [-0.3, -0.25) is 4.79 Å². The van der Waals surface area contributed by atoms with Crippen molar-refractivity contribution >= 4 is 25.2 Å². The lowest BCUT2D eigenvalue weighted by Crippen LogP contribution is -2.48. The van der Waals surface area contributed by atoms with Crippen LogP contribution < -0.4 is 5.32 Å². The van der Waals surface area contributed by atoms with Gasteiger partial charge in [0.1, 0.15) is 11.6 Å². The summed E-state index contributed by atoms with van der Waals surface area (Å²) in [5.41, 5.74) is 2.30. The van der Waals surface area contributed by atoms with Gasteiger partial charge in [0.2, 0.25) is 0 Å². The van der Waals surface area contributed by atoms with Gasteiger partial charge in [0.05, 0.1) is 24.2 Å². The van der Waals surface area contributed by atoms with Gasteiger partial charge in [-0.2, -0.15) is 10.5 Å². The van der Waals surface area contributed by atoms with Crippen molar-refractivity contribution in [2.75, 3.05) is 26.4 Å². The Labute approximate surface area is 234 Å². The van der Waals surface area contributed by atoms with E-state index in [2.05, 4.69) is 11.4 Å². The molecule has 0 aromatic heterocycles. The molecule has 0 bridgehead atoms. The van der Waals surface area contributed by atoms with Gasteiger partial charge >= 0.3 is 13.2 Å². The van der Waals surface area contributed by atoms with Crippen LogP contribution in [0.15, 0.2) is 54.1 Å². The average Bonchev–Trinajstić information content (AvgIpc) is 2.96. The zero-order valence-corrected chi connectivity index (χ0v) is 22.5. The van der Waals surface area contributed by atoms with Crippen molar-refractivity contribution in [1.82, 2.24) is 10.2 Å². The van der Waals surface area contributed by atoms with Crippen LogP contribution in [0.5, 0.6) is 0 Å². The van der Waals surface area contributed by atoms with Crippen LogP contribution in [0.4, 0.5) is 4.79 Å². The summed E-state index contributed by atoms with van der Waals surface area (Å²) in [5.74, 6) is -1.32. The number of nitrogens with one attached hydrogen (secondary N) is 1. The Bertz CT molecular complexity index is 1270. The van der Waals surface area contributed by atoms with Crippen LogP contribution in [0.1, 0.15) is 42.0 Å². The van der Waals surface area contributed by atoms with Crippen LogP contribution in [0.2, 0.25) is 0 Å². The SMILES string of the molecule is CCN(C(=O)C(C#N)=Cc1cc(C#N)cc(CCOC(=O)N[C@@H](Cc2ccccc2)B(O)O)c1)C1CCOCC1. The van der Waals surface area contributed by atoms with Gasteiger partial charge in [0, 0.05) is 32.2 Å². The first-order valence-electron chi connectivity index (χ1n) is 13.2. The molecular formula is C29H33BN4O6. The van der Waals surface area contributed by atoms with Crippen molar-refractivity contribution in [2.24, 2.45) is 0 Å². The van der Waals surface area contributed by atoms with E-state index in [-0.39, 0.29) is 37.0 Å². The molecule has 10 nitrogen and oxygen atoms in total. The van der Waals surface area contributed by atoms with Crippen LogP contribution in [-0.4, -0.2) is 72.4 Å². The standard InChI is InChI=1S/C29H33BN4O6/c1-2-34(26-9-11-39-12-10-26)28(35)25(20-32)17-23-14-22(15-24(16-23)19-31)8-13-40-29(36)33-27(30(37)38)18-21-6-4-3-5-7-21/h3-7,14-17,26-27,37-38H,2,8-13,18H2,1H3,(H,33,36)/t27-/m0/s1. The highest BCUT2D eigenvalue weighted by atomic mass is 16.5. The molecular weight excluding hydrogens is 511 g/mol. The Morgan fingerprint density at radius 3 is 2.52 bits per heavy atom. The van der Waals surface area contributed by atoms with Gasteiger partial charge in [-0.1, -0.05) is 36.4 Å². The number of nitriles is 2. The molecule has 3 rings (SSSR count). The van der Waals surface area contributed by atoms with Crippen LogP contribution in [0.25, 0.3) is 6.08 Å². The first kappa shape index (κ1) is 30.4. The van der Waals surface area contributed by atoms with Crippen LogP contribution in [0.3, 0.4) is 0 Å². The summed E-state index contributed by atoms with van der Waals surface area (Å²) >= 11 is 0. The van der Waals surface area contributed by atoms with Gasteiger partial charge < -0.3 is 29.7 Å². The van der Waals surface area contributed by atoms with Crippen LogP contribution >= 0.6 is 0 Å². The Morgan fingerprint density at radius 1 is 1.18 bits per heavy atom. The molecule has 2 aromatic carbocycles. The largest absolute Gasteiger partial charge is 0.475 e. The number of alkyl carbamates (subject to hydrolysis) is 1. The molecule has 0 unspecified atom stereocenters. The average molecular weight is 544 g/mol. The first-order valence-corrected chi connectivity index (χ1v) is 13.2. The van der Waals surface area contributed by atoms with Gasteiger partial charge in [-0.05, 0) is 61.1 Å². The summed E-state index contributed by atoms with van der Waals surface area (Å²) in [7, 11) is -1.78. The fourth-order valence-corrected chi connectivity index (χ4v) is 4.59. The highest BCUT2D eigenvalue weighted by Gasteiger charge is 2.27. The van der Waals surface area contributed by atoms with E-state index in [9.17, 15) is 30.2 Å². The number of carbonyl (C=O) groups excluding carboxylic acids is 2. The van der Waals surface area contributed by atoms with E-state index >= 15 is 0 Å². The maximum Gasteiger partial charge on any atom is 0.475 e. The second-order valence-corrected chi connectivity index (χ2v) is 9.42. The Kier molecular flexibility index (Phi) is 11.7. The molecule has 1 fully saturated rings. The van der Waals surface area contributed by atoms with Crippen molar-refractivity contribution in [3.63, 3.8) is 0 Å². The summed E-state index contributed by atoms with van der Waals surface area (Å²) in [4.78, 5) is 27.2. The lowest BCUT2D eigenvalue weighted by atomic mass is 9.76. The lowest BCUT2D eigenvalue weighted by molar-refractivity contribution is -0.130. The normalized spacial score (nSPS) is 14.4. The quantitative estimate of drug-likeness (QED) is 0.221. The van der Waals surface area contributed by atoms with Crippen molar-refractivity contribution in [1.29, 1.82) is 10.5 Å². The number of hydrogen-bond acceptors (Lipinski definition) is 8. The summed E-state index contributed by atoms with van der Waals surface area (Å²) in [6.07, 6.45) is 2.55. The zero-order chi connectivity index (χ0) is 28.9. The second-order valence-electron chi connectivity index (χ2n) is 9.42. The number of likely N-dealkylation sites (N-methyl/N-ethyl adjacent to an activating group) is 1. The molecule has 1 saturated heterocycles. The predicted octanol–water partition coefficient (Wildman–Crippen LogP) is 2.38. The minimum Gasteiger partial charge on any atom is -0.449 e. The van der Waals surface area contributed by atoms with E-state index in [1.807, 2.05) is 43.3 Å². The molecule has 11 heteroatoms. The Morgan fingerprint density at radius 2 is 1.90 bits per heavy atom. The highest BCUT2D eigenvalue weighted by molar-refractivity contribution is 6.43. The second kappa shape index (κ2) is 15.4. The Hall–Kier alpha value is -4.16. The zero-order valence-electron chi connectivity index (χ0n) is 22.5. The molecule has 1 aliphatic heterocycles. The van der Waals surface area contributed by atoms with Crippen molar-refractivity contribution < 1.29 is 29.1 Å². The number of ether oxygens (including phenoxy) is 2. The number of rotatable bonds is 11. The predicted molar refractivity (Wildman–Crippen MR) is 148 cm³/mol. The molecule has 2 aromatic rings. The van der Waals surface area contributed by atoms with Gasteiger partial charge in [0.25, 0.3) is 5.91 Å². The molecule has 0 spiro atoms. The minimum atomic E-state index is -1.78. The molecule has 3 N–H and O–H groups in total. The van der Waals surface area contributed by atoms with E-state index in [0.29, 0.717) is 49.3 Å². The fraction of sp³-hybridized carbons (Fsp3) is 0.379. The summed E-state index contributed by atoms with van der Waals surface area (Å²) in [5, 5.41) is 41.0. The maximum atomic E-state index is 13.2. The van der Waals surface area contributed by atoms with E-state index in [4.69, 9.17) is 9.47 Å². The monoisotopic (exact) mass is 544 g/mol. The third-order valence-corrected chi connectivity index (χ3v) is 6.62. The highest BCUT2D eigenvalue weighted by Crippen LogP contribution is 2.19. The number of nitrogens with zero attached hydrogens (tertiary/aromatic N) is 3. The summed E-state index contributed by atoms with van der Waals surface area (Å²) < 4.78 is 10.6. The van der Waals surface area contributed by atoms with E-state index in [1.54, 1.807) is 23.1 Å². The van der Waals surface area contributed by atoms with E-state index in [1.165, 1.54) is 6.08 Å². The Balaban J connectivity index is 1.65. The number of carbonyl (C=O) groups is 2. The maximum absolute atomic E-state index is 13.2. The van der Waals surface area contributed by atoms with Crippen molar-refractivity contribution in [3.8, 4) is 12.1 Å². The molecule has 1 heterocycles. The topological polar surface area (TPSA) is 156 Å². The van der Waals surface area contributed by atoms with Gasteiger partial charge in [-0.25, -0.2) is 4.79 Å². The molecule has 2 amide bonds. The first-order chi connectivity index (χ1) is 19.3. The molecule has 0 aliphatic carbocycles. The summed E-state index contributed by atoms with van der Waals surface area (Å²) in [6, 6.07) is 18.1. The fourth-order valence-electron chi connectivity index (χ4n) is 4.59. The molecule has 40 heavy (non-hydrogen) atoms. The number of hydrogen-bond donors (Lipinski definition) is 3. The number of amides is 2. The molecule has 1 atom stereocenters. The lowest BCUT2D eigenvalue weighted by Gasteiger charge is -2.33. The van der Waals surface area contributed by atoms with Crippen LogP contribution in [-0.2, 0) is 27.1 Å². The molecule has 0 saturated carbocycles. The minimum absolute atomic E-state index is 0.00605. The van der Waals surface area contributed by atoms with Gasteiger partial charge in [0.15, 0.2) is 0 Å². The summed E-state index contributed by atoms with van der Waals surface area (Å²) in [6.45, 7) is 3.44. The third-order valence-electron chi connectivity index (χ3n) is 6.62.